The van der Waals surface area contributed by atoms with Gasteiger partial charge in [0.25, 0.3) is 11.7 Å². The number of aliphatic hydroxyl groups is 1. The van der Waals surface area contributed by atoms with E-state index in [1.807, 2.05) is 0 Å². The van der Waals surface area contributed by atoms with Gasteiger partial charge in [-0.2, -0.15) is 0 Å². The molecule has 6 nitrogen and oxygen atoms in total. The minimum atomic E-state index is -0.882. The first-order valence-electron chi connectivity index (χ1n) is 10.1. The average Bonchev–Trinajstić information content (AvgIpc) is 3.03. The molecule has 2 heterocycles. The van der Waals surface area contributed by atoms with Crippen LogP contribution in [0.15, 0.2) is 54.1 Å². The normalized spacial score (nSPS) is 21.6. The number of ether oxygens (including phenoxy) is 1. The first-order chi connectivity index (χ1) is 15.0. The molecule has 2 fully saturated rings. The fraction of sp³-hybridized carbons (Fsp3) is 0.304. The van der Waals surface area contributed by atoms with Crippen LogP contribution >= 0.6 is 11.6 Å². The molecule has 0 bridgehead atoms. The second-order valence-electron chi connectivity index (χ2n) is 7.51. The number of hydrogen-bond donors (Lipinski definition) is 1. The van der Waals surface area contributed by atoms with E-state index in [4.69, 9.17) is 16.3 Å². The Morgan fingerprint density at radius 2 is 1.81 bits per heavy atom. The van der Waals surface area contributed by atoms with Crippen molar-refractivity contribution in [3.05, 3.63) is 76.1 Å². The predicted octanol–water partition coefficient (Wildman–Crippen LogP) is 3.23. The third-order valence-electron chi connectivity index (χ3n) is 5.58. The summed E-state index contributed by atoms with van der Waals surface area (Å²) in [5.41, 5.74) is 0.730. The van der Waals surface area contributed by atoms with Gasteiger partial charge in [-0.25, -0.2) is 4.39 Å². The lowest BCUT2D eigenvalue weighted by Crippen LogP contribution is -2.42. The first kappa shape index (κ1) is 21.5. The number of carbonyl (C=O) groups excluding carboxylic acids is 2. The molecular formula is C23H22ClFN2O4. The van der Waals surface area contributed by atoms with E-state index in [1.165, 1.54) is 23.1 Å². The van der Waals surface area contributed by atoms with Gasteiger partial charge in [0, 0.05) is 36.8 Å². The molecule has 8 heteroatoms. The number of benzene rings is 2. The molecule has 31 heavy (non-hydrogen) atoms. The second kappa shape index (κ2) is 9.18. The van der Waals surface area contributed by atoms with Gasteiger partial charge >= 0.3 is 0 Å². The van der Waals surface area contributed by atoms with Gasteiger partial charge in [-0.3, -0.25) is 14.5 Å². The number of nitrogens with zero attached hydrogens (tertiary/aromatic N) is 2. The summed E-state index contributed by atoms with van der Waals surface area (Å²) >= 11 is 5.93. The smallest absolute Gasteiger partial charge is 0.295 e. The Kier molecular flexibility index (Phi) is 6.36. The Morgan fingerprint density at radius 3 is 2.48 bits per heavy atom. The van der Waals surface area contributed by atoms with Gasteiger partial charge in [0.05, 0.1) is 24.8 Å². The highest BCUT2D eigenvalue weighted by Crippen LogP contribution is 2.39. The number of aliphatic hydroxyl groups excluding tert-OH is 1. The Labute approximate surface area is 184 Å². The molecule has 2 aliphatic heterocycles. The summed E-state index contributed by atoms with van der Waals surface area (Å²) < 4.78 is 19.4. The Hall–Kier alpha value is -2.74. The third-order valence-corrected chi connectivity index (χ3v) is 5.83. The topological polar surface area (TPSA) is 70.1 Å². The van der Waals surface area contributed by atoms with Gasteiger partial charge in [0.2, 0.25) is 0 Å². The van der Waals surface area contributed by atoms with E-state index < -0.39 is 23.5 Å². The van der Waals surface area contributed by atoms with Gasteiger partial charge in [-0.05, 0) is 42.0 Å². The summed E-state index contributed by atoms with van der Waals surface area (Å²) in [6.45, 7) is 3.51. The van der Waals surface area contributed by atoms with E-state index in [0.29, 0.717) is 35.9 Å². The Bertz CT molecular complexity index is 1020. The standard InChI is InChI=1S/C23H22ClFN2O4/c24-17-6-4-15(5-7-17)21(28)19-20(16-2-1-3-18(25)14-16)27(23(30)22(19)29)9-8-26-10-12-31-13-11-26/h1-7,14,20,28H,8-13H2/b21-19+. The van der Waals surface area contributed by atoms with E-state index in [9.17, 15) is 19.1 Å². The summed E-state index contributed by atoms with van der Waals surface area (Å²) in [7, 11) is 0. The van der Waals surface area contributed by atoms with Crippen molar-refractivity contribution in [3.8, 4) is 0 Å². The lowest BCUT2D eigenvalue weighted by atomic mass is 9.95. The Balaban J connectivity index is 1.73. The molecule has 0 radical (unpaired) electrons. The molecule has 0 aromatic heterocycles. The van der Waals surface area contributed by atoms with Crippen LogP contribution in [0.25, 0.3) is 5.76 Å². The zero-order valence-corrected chi connectivity index (χ0v) is 17.5. The fourth-order valence-corrected chi connectivity index (χ4v) is 4.10. The summed E-state index contributed by atoms with van der Waals surface area (Å²) in [5, 5.41) is 11.4. The maximum Gasteiger partial charge on any atom is 0.295 e. The van der Waals surface area contributed by atoms with Crippen LogP contribution in [0.2, 0.25) is 5.02 Å². The fourth-order valence-electron chi connectivity index (χ4n) is 3.97. The van der Waals surface area contributed by atoms with Crippen molar-refractivity contribution < 1.29 is 23.8 Å². The Morgan fingerprint density at radius 1 is 1.10 bits per heavy atom. The first-order valence-corrected chi connectivity index (χ1v) is 10.4. The summed E-state index contributed by atoms with van der Waals surface area (Å²) in [6, 6.07) is 11.2. The largest absolute Gasteiger partial charge is 0.507 e. The highest BCUT2D eigenvalue weighted by atomic mass is 35.5. The van der Waals surface area contributed by atoms with Gasteiger partial charge in [0.1, 0.15) is 11.6 Å². The quantitative estimate of drug-likeness (QED) is 0.435. The number of likely N-dealkylation sites (tertiary alicyclic amines) is 1. The number of ketones is 1. The number of halogens is 2. The average molecular weight is 445 g/mol. The molecule has 0 saturated carbocycles. The molecule has 1 amide bonds. The summed E-state index contributed by atoms with van der Waals surface area (Å²) in [6.07, 6.45) is 0. The molecule has 2 saturated heterocycles. The van der Waals surface area contributed by atoms with E-state index in [2.05, 4.69) is 4.90 Å². The van der Waals surface area contributed by atoms with E-state index in [-0.39, 0.29) is 17.9 Å². The molecule has 2 aliphatic rings. The number of carbonyl (C=O) groups is 2. The highest BCUT2D eigenvalue weighted by Gasteiger charge is 2.46. The number of morpholine rings is 1. The highest BCUT2D eigenvalue weighted by molar-refractivity contribution is 6.46. The van der Waals surface area contributed by atoms with Crippen molar-refractivity contribution in [1.82, 2.24) is 9.80 Å². The number of hydrogen-bond acceptors (Lipinski definition) is 5. The van der Waals surface area contributed by atoms with Gasteiger partial charge in [-0.1, -0.05) is 23.7 Å². The van der Waals surface area contributed by atoms with Crippen LogP contribution in [-0.4, -0.2) is 66.0 Å². The van der Waals surface area contributed by atoms with E-state index >= 15 is 0 Å². The van der Waals surface area contributed by atoms with Gasteiger partial charge in [-0.15, -0.1) is 0 Å². The maximum atomic E-state index is 14.0. The third kappa shape index (κ3) is 4.49. The summed E-state index contributed by atoms with van der Waals surface area (Å²) in [4.78, 5) is 29.4. The van der Waals surface area contributed by atoms with E-state index in [1.54, 1.807) is 30.3 Å². The van der Waals surface area contributed by atoms with Gasteiger partial charge in [0.15, 0.2) is 0 Å². The lowest BCUT2D eigenvalue weighted by Gasteiger charge is -2.31. The van der Waals surface area contributed by atoms with Crippen LogP contribution in [0.5, 0.6) is 0 Å². The van der Waals surface area contributed by atoms with Crippen LogP contribution in [0.3, 0.4) is 0 Å². The number of amides is 1. The van der Waals surface area contributed by atoms with E-state index in [0.717, 1.165) is 13.1 Å². The van der Waals surface area contributed by atoms with Crippen molar-refractivity contribution in [2.24, 2.45) is 0 Å². The van der Waals surface area contributed by atoms with Crippen molar-refractivity contribution in [2.75, 3.05) is 39.4 Å². The molecule has 2 aromatic carbocycles. The zero-order valence-electron chi connectivity index (χ0n) is 16.8. The second-order valence-corrected chi connectivity index (χ2v) is 7.94. The van der Waals surface area contributed by atoms with Crippen LogP contribution in [0.1, 0.15) is 17.2 Å². The van der Waals surface area contributed by atoms with Crippen molar-refractivity contribution >= 4 is 29.1 Å². The minimum Gasteiger partial charge on any atom is -0.507 e. The van der Waals surface area contributed by atoms with Crippen LogP contribution in [0, 0.1) is 5.82 Å². The van der Waals surface area contributed by atoms with Gasteiger partial charge < -0.3 is 14.7 Å². The number of Topliss-reactive ketones (excluding diaryl/α,β-unsaturated/α-hetero) is 1. The van der Waals surface area contributed by atoms with Crippen molar-refractivity contribution in [3.63, 3.8) is 0 Å². The van der Waals surface area contributed by atoms with Crippen LogP contribution < -0.4 is 0 Å². The minimum absolute atomic E-state index is 0.0556. The molecule has 162 valence electrons. The predicted molar refractivity (Wildman–Crippen MR) is 114 cm³/mol. The molecule has 0 spiro atoms. The summed E-state index contributed by atoms with van der Waals surface area (Å²) in [5.74, 6) is -2.29. The molecule has 1 atom stereocenters. The molecular weight excluding hydrogens is 423 g/mol. The molecule has 1 N–H and O–H groups in total. The lowest BCUT2D eigenvalue weighted by molar-refractivity contribution is -0.140. The van der Waals surface area contributed by atoms with Crippen molar-refractivity contribution in [2.45, 2.75) is 6.04 Å². The SMILES string of the molecule is O=C1C(=O)N(CCN2CCOCC2)C(c2cccc(F)c2)/C1=C(\O)c1ccc(Cl)cc1. The van der Waals surface area contributed by atoms with Crippen molar-refractivity contribution in [1.29, 1.82) is 0 Å². The maximum absolute atomic E-state index is 14.0. The monoisotopic (exact) mass is 444 g/mol. The van der Waals surface area contributed by atoms with Crippen LogP contribution in [-0.2, 0) is 14.3 Å². The molecule has 0 aliphatic carbocycles. The molecule has 1 unspecified atom stereocenters. The molecule has 2 aromatic rings. The molecule has 4 rings (SSSR count). The van der Waals surface area contributed by atoms with Crippen LogP contribution in [0.4, 0.5) is 4.39 Å². The number of rotatable bonds is 5. The zero-order chi connectivity index (χ0) is 22.0.